The molecule has 1 fully saturated rings. The topological polar surface area (TPSA) is 76.2 Å². The smallest absolute Gasteiger partial charge is 0.256 e. The first-order chi connectivity index (χ1) is 15.9. The normalized spacial score (nSPS) is 19.2. The molecule has 0 aliphatic heterocycles. The number of aryl methyl sites for hydroxylation is 1. The van der Waals surface area contributed by atoms with Crippen molar-refractivity contribution in [2.45, 2.75) is 57.7 Å². The molecule has 33 heavy (non-hydrogen) atoms. The number of anilines is 1. The lowest BCUT2D eigenvalue weighted by Gasteiger charge is -2.32. The van der Waals surface area contributed by atoms with Gasteiger partial charge in [-0.1, -0.05) is 0 Å². The maximum atomic E-state index is 13.0. The molecule has 4 aromatic heterocycles. The van der Waals surface area contributed by atoms with Gasteiger partial charge < -0.3 is 14.8 Å². The van der Waals surface area contributed by atoms with E-state index in [0.29, 0.717) is 40.7 Å². The van der Waals surface area contributed by atoms with Gasteiger partial charge in [-0.2, -0.15) is 0 Å². The monoisotopic (exact) mass is 454 g/mol. The Hall–Kier alpha value is -3.14. The van der Waals surface area contributed by atoms with Crippen molar-refractivity contribution in [2.24, 2.45) is 0 Å². The molecule has 5 rings (SSSR count). The zero-order valence-electron chi connectivity index (χ0n) is 19.0. The van der Waals surface area contributed by atoms with Crippen molar-refractivity contribution in [3.8, 4) is 11.3 Å². The van der Waals surface area contributed by atoms with Gasteiger partial charge in [0, 0.05) is 23.8 Å². The molecule has 0 unspecified atom stereocenters. The molecule has 0 atom stereocenters. The van der Waals surface area contributed by atoms with Crippen LogP contribution in [0.4, 0.5) is 14.7 Å². The molecule has 0 saturated heterocycles. The van der Waals surface area contributed by atoms with Gasteiger partial charge in [-0.15, -0.1) is 5.10 Å². The number of rotatable bonds is 6. The second-order valence-electron chi connectivity index (χ2n) is 8.95. The van der Waals surface area contributed by atoms with Crippen LogP contribution in [0, 0.1) is 6.92 Å². The molecule has 10 heteroatoms. The first-order valence-electron chi connectivity index (χ1n) is 11.3. The molecular weight excluding hydrogens is 426 g/mol. The number of aromatic nitrogens is 6. The van der Waals surface area contributed by atoms with Crippen LogP contribution in [0.15, 0.2) is 30.6 Å². The lowest BCUT2D eigenvalue weighted by Crippen LogP contribution is -2.36. The summed E-state index contributed by atoms with van der Waals surface area (Å²) in [6.45, 7) is 1.29. The van der Waals surface area contributed by atoms with Gasteiger partial charge in [-0.05, 0) is 64.9 Å². The maximum Gasteiger partial charge on any atom is 0.256 e. The van der Waals surface area contributed by atoms with Crippen LogP contribution in [0.2, 0.25) is 0 Å². The van der Waals surface area contributed by atoms with E-state index in [9.17, 15) is 8.78 Å². The standard InChI is InChI=1S/C23H28F2N8/c1-14-27-19-9-8-18(29-22(19)32(14)13-21(24)25)17-10-11-33-20(17)12-26-23(30-33)28-15-4-6-16(7-5-15)31(2)3/h8-12,15-16,21H,4-7,13H2,1-3H3,(H,28,30)/t15-,16-. The third kappa shape index (κ3) is 4.27. The van der Waals surface area contributed by atoms with E-state index in [-0.39, 0.29) is 0 Å². The molecule has 0 bridgehead atoms. The quantitative estimate of drug-likeness (QED) is 0.475. The second-order valence-corrected chi connectivity index (χ2v) is 8.95. The van der Waals surface area contributed by atoms with Crippen LogP contribution in [0.5, 0.6) is 0 Å². The molecule has 1 aliphatic carbocycles. The van der Waals surface area contributed by atoms with Gasteiger partial charge in [0.1, 0.15) is 11.3 Å². The third-order valence-electron chi connectivity index (χ3n) is 6.56. The molecule has 4 heterocycles. The number of pyridine rings is 1. The number of fused-ring (bicyclic) bond motifs is 2. The molecular formula is C23H28F2N8. The molecule has 0 spiro atoms. The van der Waals surface area contributed by atoms with Crippen molar-refractivity contribution in [3.63, 3.8) is 0 Å². The van der Waals surface area contributed by atoms with E-state index >= 15 is 0 Å². The van der Waals surface area contributed by atoms with Crippen molar-refractivity contribution < 1.29 is 8.78 Å². The summed E-state index contributed by atoms with van der Waals surface area (Å²) in [6, 6.07) is 6.61. The summed E-state index contributed by atoms with van der Waals surface area (Å²) in [5.41, 5.74) is 3.38. The fourth-order valence-corrected chi connectivity index (χ4v) is 4.72. The van der Waals surface area contributed by atoms with Gasteiger partial charge in [0.2, 0.25) is 5.95 Å². The van der Waals surface area contributed by atoms with Gasteiger partial charge in [-0.3, -0.25) is 0 Å². The Morgan fingerprint density at radius 2 is 1.91 bits per heavy atom. The van der Waals surface area contributed by atoms with E-state index in [1.54, 1.807) is 17.6 Å². The van der Waals surface area contributed by atoms with Crippen molar-refractivity contribution >= 4 is 22.6 Å². The van der Waals surface area contributed by atoms with Gasteiger partial charge in [0.25, 0.3) is 6.43 Å². The highest BCUT2D eigenvalue weighted by atomic mass is 19.3. The number of hydrogen-bond donors (Lipinski definition) is 1. The van der Waals surface area contributed by atoms with Crippen LogP contribution < -0.4 is 5.32 Å². The number of imidazole rings is 1. The zero-order valence-corrected chi connectivity index (χ0v) is 19.0. The Kier molecular flexibility index (Phi) is 5.69. The Morgan fingerprint density at radius 1 is 1.12 bits per heavy atom. The van der Waals surface area contributed by atoms with E-state index in [1.165, 1.54) is 4.57 Å². The number of halogens is 2. The van der Waals surface area contributed by atoms with Crippen molar-refractivity contribution in [2.75, 3.05) is 19.4 Å². The summed E-state index contributed by atoms with van der Waals surface area (Å²) >= 11 is 0. The zero-order chi connectivity index (χ0) is 23.1. The first kappa shape index (κ1) is 21.7. The molecule has 4 aromatic rings. The SMILES string of the molecule is Cc1nc2ccc(-c3ccn4nc(N[C@H]5CC[C@H](N(C)C)CC5)ncc34)nc2n1CC(F)F. The number of alkyl halides is 2. The van der Waals surface area contributed by atoms with Crippen molar-refractivity contribution in [3.05, 3.63) is 36.4 Å². The van der Waals surface area contributed by atoms with Crippen molar-refractivity contribution in [1.29, 1.82) is 0 Å². The van der Waals surface area contributed by atoms with Gasteiger partial charge >= 0.3 is 0 Å². The van der Waals surface area contributed by atoms with E-state index in [2.05, 4.69) is 44.4 Å². The Bertz CT molecular complexity index is 1270. The predicted molar refractivity (Wildman–Crippen MR) is 124 cm³/mol. The summed E-state index contributed by atoms with van der Waals surface area (Å²) in [7, 11) is 4.28. The van der Waals surface area contributed by atoms with Crippen LogP contribution in [0.25, 0.3) is 27.9 Å². The largest absolute Gasteiger partial charge is 0.350 e. The van der Waals surface area contributed by atoms with Crippen molar-refractivity contribution in [1.82, 2.24) is 34.0 Å². The summed E-state index contributed by atoms with van der Waals surface area (Å²) in [6.07, 6.45) is 5.69. The Labute approximate surface area is 190 Å². The predicted octanol–water partition coefficient (Wildman–Crippen LogP) is 4.00. The van der Waals surface area contributed by atoms with Gasteiger partial charge in [-0.25, -0.2) is 28.2 Å². The summed E-state index contributed by atoms with van der Waals surface area (Å²) < 4.78 is 29.3. The van der Waals surface area contributed by atoms with Gasteiger partial charge in [0.05, 0.1) is 24.0 Å². The number of hydrogen-bond acceptors (Lipinski definition) is 6. The maximum absolute atomic E-state index is 13.0. The molecule has 8 nitrogen and oxygen atoms in total. The molecule has 174 valence electrons. The lowest BCUT2D eigenvalue weighted by molar-refractivity contribution is 0.127. The first-order valence-corrected chi connectivity index (χ1v) is 11.3. The lowest BCUT2D eigenvalue weighted by atomic mass is 9.91. The molecule has 1 aliphatic rings. The summed E-state index contributed by atoms with van der Waals surface area (Å²) in [5.74, 6) is 1.13. The average molecular weight is 455 g/mol. The van der Waals surface area contributed by atoms with Crippen LogP contribution >= 0.6 is 0 Å². The average Bonchev–Trinajstić information content (AvgIpc) is 3.34. The minimum absolute atomic E-state index is 0.371. The second kappa shape index (κ2) is 8.66. The fourth-order valence-electron chi connectivity index (χ4n) is 4.72. The highest BCUT2D eigenvalue weighted by molar-refractivity contribution is 5.82. The Balaban J connectivity index is 1.39. The Morgan fingerprint density at radius 3 is 2.64 bits per heavy atom. The molecule has 0 radical (unpaired) electrons. The van der Waals surface area contributed by atoms with E-state index in [1.807, 2.05) is 24.4 Å². The highest BCUT2D eigenvalue weighted by Crippen LogP contribution is 2.27. The van der Waals surface area contributed by atoms with E-state index in [4.69, 9.17) is 0 Å². The van der Waals surface area contributed by atoms with Crippen LogP contribution in [-0.4, -0.2) is 66.6 Å². The van der Waals surface area contributed by atoms with Gasteiger partial charge in [0.15, 0.2) is 5.65 Å². The van der Waals surface area contributed by atoms with Crippen LogP contribution in [0.3, 0.4) is 0 Å². The number of nitrogens with one attached hydrogen (secondary N) is 1. The van der Waals surface area contributed by atoms with Crippen LogP contribution in [0.1, 0.15) is 31.5 Å². The minimum Gasteiger partial charge on any atom is -0.350 e. The summed E-state index contributed by atoms with van der Waals surface area (Å²) in [4.78, 5) is 15.9. The molecule has 1 N–H and O–H groups in total. The highest BCUT2D eigenvalue weighted by Gasteiger charge is 2.23. The molecule has 0 aromatic carbocycles. The molecule has 0 amide bonds. The third-order valence-corrected chi connectivity index (χ3v) is 6.56. The van der Waals surface area contributed by atoms with Crippen LogP contribution in [-0.2, 0) is 6.54 Å². The number of nitrogens with zero attached hydrogens (tertiary/aromatic N) is 7. The summed E-state index contributed by atoms with van der Waals surface area (Å²) in [5, 5.41) is 8.11. The van der Waals surface area contributed by atoms with E-state index < -0.39 is 13.0 Å². The molecule has 1 saturated carbocycles. The minimum atomic E-state index is -2.47. The van der Waals surface area contributed by atoms with E-state index in [0.717, 1.165) is 36.8 Å². The fraction of sp³-hybridized carbons (Fsp3) is 0.478.